The second-order valence-electron chi connectivity index (χ2n) is 8.34. The van der Waals surface area contributed by atoms with Gasteiger partial charge in [0.15, 0.2) is 0 Å². The van der Waals surface area contributed by atoms with Crippen LogP contribution in [0.25, 0.3) is 0 Å². The first kappa shape index (κ1) is 15.8. The summed E-state index contributed by atoms with van der Waals surface area (Å²) in [4.78, 5) is 25.3. The lowest BCUT2D eigenvalue weighted by Gasteiger charge is -2.42. The molecule has 3 unspecified atom stereocenters. The third-order valence-corrected chi connectivity index (χ3v) is 6.42. The quantitative estimate of drug-likeness (QED) is 0.591. The van der Waals surface area contributed by atoms with E-state index in [4.69, 9.17) is 4.74 Å². The first-order chi connectivity index (χ1) is 11.3. The lowest BCUT2D eigenvalue weighted by molar-refractivity contribution is -0.133. The van der Waals surface area contributed by atoms with E-state index in [9.17, 15) is 14.7 Å². The van der Waals surface area contributed by atoms with Crippen LogP contribution >= 0.6 is 0 Å². The van der Waals surface area contributed by atoms with Crippen LogP contribution in [0.1, 0.15) is 46.5 Å². The molecule has 2 bridgehead atoms. The molecule has 128 valence electrons. The minimum atomic E-state index is -0.555. The molecule has 4 heteroatoms. The number of ketones is 2. The molecule has 0 aromatic rings. The molecule has 1 N–H and O–H groups in total. The Bertz CT molecular complexity index is 739. The van der Waals surface area contributed by atoms with E-state index in [2.05, 4.69) is 13.0 Å². The molecule has 4 nitrogen and oxygen atoms in total. The fourth-order valence-corrected chi connectivity index (χ4v) is 5.19. The van der Waals surface area contributed by atoms with Gasteiger partial charge < -0.3 is 9.84 Å². The Balaban J connectivity index is 1.87. The first-order valence-electron chi connectivity index (χ1n) is 8.87. The largest absolute Gasteiger partial charge is 0.507 e. The summed E-state index contributed by atoms with van der Waals surface area (Å²) in [6.07, 6.45) is 7.49. The molecular formula is C20H24O4. The number of carbonyl (C=O) groups excluding carboxylic acids is 2. The zero-order valence-corrected chi connectivity index (χ0v) is 14.5. The van der Waals surface area contributed by atoms with Gasteiger partial charge in [-0.2, -0.15) is 0 Å². The van der Waals surface area contributed by atoms with Gasteiger partial charge in [-0.1, -0.05) is 32.9 Å². The normalized spacial score (nSPS) is 38.6. The van der Waals surface area contributed by atoms with Gasteiger partial charge in [-0.05, 0) is 30.6 Å². The van der Waals surface area contributed by atoms with Gasteiger partial charge in [-0.15, -0.1) is 0 Å². The summed E-state index contributed by atoms with van der Waals surface area (Å²) in [7, 11) is 0. The van der Waals surface area contributed by atoms with E-state index in [0.717, 1.165) is 19.3 Å². The van der Waals surface area contributed by atoms with Crippen molar-refractivity contribution < 1.29 is 19.4 Å². The molecule has 2 fully saturated rings. The smallest absolute Gasteiger partial charge is 0.233 e. The van der Waals surface area contributed by atoms with Gasteiger partial charge in [0, 0.05) is 29.1 Å². The molecule has 24 heavy (non-hydrogen) atoms. The van der Waals surface area contributed by atoms with Gasteiger partial charge in [-0.25, -0.2) is 0 Å². The number of rotatable bonds is 1. The molecule has 1 saturated heterocycles. The van der Waals surface area contributed by atoms with Crippen LogP contribution in [0, 0.1) is 17.3 Å². The van der Waals surface area contributed by atoms with E-state index in [-0.39, 0.29) is 28.6 Å². The maximum atomic E-state index is 12.8. The van der Waals surface area contributed by atoms with Crippen molar-refractivity contribution in [1.82, 2.24) is 0 Å². The molecular weight excluding hydrogens is 304 g/mol. The molecule has 0 aromatic carbocycles. The minimum absolute atomic E-state index is 0.0167. The molecule has 0 amide bonds. The number of Topliss-reactive ketones (excluding diaryl/α,β-unsaturated/α-hetero) is 2. The van der Waals surface area contributed by atoms with Crippen molar-refractivity contribution in [2.75, 3.05) is 6.61 Å². The summed E-state index contributed by atoms with van der Waals surface area (Å²) in [5.74, 6) is -0.993. The Hall–Kier alpha value is -1.68. The first-order valence-corrected chi connectivity index (χ1v) is 8.87. The topological polar surface area (TPSA) is 63.6 Å². The Morgan fingerprint density at radius 2 is 2.00 bits per heavy atom. The van der Waals surface area contributed by atoms with Crippen LogP contribution in [0.4, 0.5) is 0 Å². The average molecular weight is 328 g/mol. The molecule has 0 spiro atoms. The average Bonchev–Trinajstić information content (AvgIpc) is 2.68. The predicted octanol–water partition coefficient (Wildman–Crippen LogP) is 3.44. The molecule has 3 aliphatic carbocycles. The van der Waals surface area contributed by atoms with E-state index in [0.29, 0.717) is 24.2 Å². The van der Waals surface area contributed by atoms with Crippen LogP contribution < -0.4 is 0 Å². The van der Waals surface area contributed by atoms with E-state index < -0.39 is 17.2 Å². The lowest BCUT2D eigenvalue weighted by atomic mass is 9.62. The van der Waals surface area contributed by atoms with Gasteiger partial charge in [-0.3, -0.25) is 9.59 Å². The molecule has 1 aliphatic heterocycles. The Labute approximate surface area is 142 Å². The van der Waals surface area contributed by atoms with Gasteiger partial charge in [0.2, 0.25) is 11.6 Å². The summed E-state index contributed by atoms with van der Waals surface area (Å²) < 4.78 is 6.25. The fraction of sp³-hybridized carbons (Fsp3) is 0.600. The third kappa shape index (κ3) is 1.89. The third-order valence-electron chi connectivity index (χ3n) is 6.42. The highest BCUT2D eigenvalue weighted by Gasteiger charge is 2.58. The van der Waals surface area contributed by atoms with Crippen molar-refractivity contribution >= 4 is 11.6 Å². The molecule has 0 radical (unpaired) electrons. The molecule has 1 heterocycles. The Kier molecular flexibility index (Phi) is 3.24. The monoisotopic (exact) mass is 328 g/mol. The van der Waals surface area contributed by atoms with Crippen molar-refractivity contribution in [1.29, 1.82) is 0 Å². The van der Waals surface area contributed by atoms with E-state index in [1.807, 2.05) is 19.9 Å². The second-order valence-corrected chi connectivity index (χ2v) is 8.34. The summed E-state index contributed by atoms with van der Waals surface area (Å²) in [6, 6.07) is 0. The van der Waals surface area contributed by atoms with Crippen LogP contribution in [0.5, 0.6) is 0 Å². The van der Waals surface area contributed by atoms with Crippen molar-refractivity contribution in [2.24, 2.45) is 17.3 Å². The van der Waals surface area contributed by atoms with Gasteiger partial charge in [0.1, 0.15) is 5.76 Å². The zero-order valence-electron chi connectivity index (χ0n) is 14.5. The van der Waals surface area contributed by atoms with Crippen molar-refractivity contribution in [3.05, 3.63) is 34.6 Å². The van der Waals surface area contributed by atoms with E-state index in [1.165, 1.54) is 0 Å². The zero-order chi connectivity index (χ0) is 17.3. The number of aliphatic hydroxyl groups is 1. The number of hydrogen-bond donors (Lipinski definition) is 1. The standard InChI is InChI=1S/C20H24O4/c1-11(2)15-16(21)12-5-6-14-19(3)7-4-8-20(14,24-10-19)9-13(12)17(22)18(15)23/h5-6,11,14,21H,4,7-10H2,1-3H3. The van der Waals surface area contributed by atoms with Crippen molar-refractivity contribution in [3.8, 4) is 0 Å². The number of allylic oxidation sites excluding steroid dienone is 2. The van der Waals surface area contributed by atoms with E-state index in [1.54, 1.807) is 0 Å². The van der Waals surface area contributed by atoms with Crippen LogP contribution in [-0.4, -0.2) is 28.9 Å². The molecule has 1 saturated carbocycles. The van der Waals surface area contributed by atoms with Crippen LogP contribution in [-0.2, 0) is 14.3 Å². The number of hydrogen-bond acceptors (Lipinski definition) is 4. The second kappa shape index (κ2) is 4.92. The van der Waals surface area contributed by atoms with Crippen molar-refractivity contribution in [2.45, 2.75) is 52.1 Å². The number of carbonyl (C=O) groups is 2. The van der Waals surface area contributed by atoms with Crippen LogP contribution in [0.2, 0.25) is 0 Å². The minimum Gasteiger partial charge on any atom is -0.507 e. The highest BCUT2D eigenvalue weighted by Crippen LogP contribution is 2.58. The van der Waals surface area contributed by atoms with Crippen LogP contribution in [0.3, 0.4) is 0 Å². The van der Waals surface area contributed by atoms with Gasteiger partial charge in [0.25, 0.3) is 0 Å². The summed E-state index contributed by atoms with van der Waals surface area (Å²) in [5, 5.41) is 10.7. The summed E-state index contributed by atoms with van der Waals surface area (Å²) in [5.41, 5.74) is 0.891. The van der Waals surface area contributed by atoms with Gasteiger partial charge in [0.05, 0.1) is 12.2 Å². The van der Waals surface area contributed by atoms with E-state index >= 15 is 0 Å². The summed E-state index contributed by atoms with van der Waals surface area (Å²) >= 11 is 0. The molecule has 0 aromatic heterocycles. The van der Waals surface area contributed by atoms with Crippen LogP contribution in [0.15, 0.2) is 34.6 Å². The molecule has 4 aliphatic rings. The van der Waals surface area contributed by atoms with Gasteiger partial charge >= 0.3 is 0 Å². The molecule has 4 rings (SSSR count). The Morgan fingerprint density at radius 3 is 2.71 bits per heavy atom. The number of aliphatic hydroxyl groups excluding tert-OH is 1. The highest BCUT2D eigenvalue weighted by molar-refractivity contribution is 6.50. The maximum Gasteiger partial charge on any atom is 0.233 e. The SMILES string of the molecule is CC(C)C1=C(O)C2=C(CC34CCCC(C)(CO3)C4C=C2)C(=O)C1=O. The molecule has 3 atom stereocenters. The lowest BCUT2D eigenvalue weighted by Crippen LogP contribution is -2.43. The summed E-state index contributed by atoms with van der Waals surface area (Å²) in [6.45, 7) is 6.60. The van der Waals surface area contributed by atoms with Crippen molar-refractivity contribution in [3.63, 3.8) is 0 Å². The highest BCUT2D eigenvalue weighted by atomic mass is 16.5. The fourth-order valence-electron chi connectivity index (χ4n) is 5.19. The maximum absolute atomic E-state index is 12.8. The number of ether oxygens (including phenoxy) is 1. The predicted molar refractivity (Wildman–Crippen MR) is 89.4 cm³/mol. The Morgan fingerprint density at radius 1 is 1.25 bits per heavy atom.